The Hall–Kier alpha value is -1.06. The fraction of sp³-hybridized carbons (Fsp3) is 0.889. The molecule has 0 rings (SSSR count). The standard InChI is InChI=1S/C18H35NO3/c1-3-5-6-7-8-9-10-11-12-13-14-15-17(20)19-16(4-2)18(21)22/h16H,3-15H2,1-2H3,(H,19,20)(H,21,22)/t16-/m0/s1. The average molecular weight is 313 g/mol. The van der Waals surface area contributed by atoms with Crippen LogP contribution in [0.2, 0.25) is 0 Å². The number of carboxylic acids is 1. The van der Waals surface area contributed by atoms with E-state index in [1.807, 2.05) is 0 Å². The first kappa shape index (κ1) is 20.9. The van der Waals surface area contributed by atoms with E-state index >= 15 is 0 Å². The zero-order chi connectivity index (χ0) is 16.6. The summed E-state index contributed by atoms with van der Waals surface area (Å²) in [6.07, 6.45) is 14.6. The van der Waals surface area contributed by atoms with E-state index in [0.717, 1.165) is 12.8 Å². The fourth-order valence-electron chi connectivity index (χ4n) is 2.55. The molecule has 0 aromatic rings. The Morgan fingerprint density at radius 1 is 0.818 bits per heavy atom. The lowest BCUT2D eigenvalue weighted by Gasteiger charge is -2.11. The zero-order valence-corrected chi connectivity index (χ0v) is 14.5. The molecule has 0 saturated heterocycles. The lowest BCUT2D eigenvalue weighted by Crippen LogP contribution is -2.40. The molecule has 2 N–H and O–H groups in total. The van der Waals surface area contributed by atoms with E-state index in [-0.39, 0.29) is 5.91 Å². The summed E-state index contributed by atoms with van der Waals surface area (Å²) in [6.45, 7) is 4.01. The topological polar surface area (TPSA) is 66.4 Å². The van der Waals surface area contributed by atoms with Gasteiger partial charge in [-0.15, -0.1) is 0 Å². The third kappa shape index (κ3) is 12.7. The minimum atomic E-state index is -0.949. The predicted octanol–water partition coefficient (Wildman–Crippen LogP) is 4.67. The van der Waals surface area contributed by atoms with Gasteiger partial charge in [-0.1, -0.05) is 78.1 Å². The molecular weight excluding hydrogens is 278 g/mol. The van der Waals surface area contributed by atoms with Gasteiger partial charge in [0.05, 0.1) is 0 Å². The molecule has 0 aliphatic rings. The maximum atomic E-state index is 11.6. The largest absolute Gasteiger partial charge is 0.480 e. The van der Waals surface area contributed by atoms with Crippen molar-refractivity contribution >= 4 is 11.9 Å². The summed E-state index contributed by atoms with van der Waals surface area (Å²) in [5.74, 6) is -1.08. The van der Waals surface area contributed by atoms with Crippen LogP contribution in [0.1, 0.15) is 97.3 Å². The van der Waals surface area contributed by atoms with Crippen molar-refractivity contribution in [3.05, 3.63) is 0 Å². The van der Waals surface area contributed by atoms with E-state index in [0.29, 0.717) is 12.8 Å². The second kappa shape index (κ2) is 14.9. The van der Waals surface area contributed by atoms with Gasteiger partial charge < -0.3 is 10.4 Å². The lowest BCUT2D eigenvalue weighted by atomic mass is 10.1. The summed E-state index contributed by atoms with van der Waals surface area (Å²) in [7, 11) is 0. The molecular formula is C18H35NO3. The van der Waals surface area contributed by atoms with Crippen molar-refractivity contribution in [2.45, 2.75) is 103 Å². The van der Waals surface area contributed by atoms with Crippen molar-refractivity contribution in [2.75, 3.05) is 0 Å². The minimum absolute atomic E-state index is 0.134. The molecule has 0 aromatic heterocycles. The Morgan fingerprint density at radius 2 is 1.27 bits per heavy atom. The highest BCUT2D eigenvalue weighted by atomic mass is 16.4. The van der Waals surface area contributed by atoms with Gasteiger partial charge in [-0.25, -0.2) is 4.79 Å². The number of aliphatic carboxylic acids is 1. The first-order valence-corrected chi connectivity index (χ1v) is 9.14. The summed E-state index contributed by atoms with van der Waals surface area (Å²) in [4.78, 5) is 22.4. The molecule has 0 unspecified atom stereocenters. The van der Waals surface area contributed by atoms with Crippen LogP contribution < -0.4 is 5.32 Å². The Balaban J connectivity index is 3.35. The van der Waals surface area contributed by atoms with E-state index in [2.05, 4.69) is 12.2 Å². The van der Waals surface area contributed by atoms with E-state index in [4.69, 9.17) is 5.11 Å². The molecule has 22 heavy (non-hydrogen) atoms. The van der Waals surface area contributed by atoms with Gasteiger partial charge in [0.2, 0.25) is 5.91 Å². The number of carboxylic acid groups (broad SMARTS) is 1. The second-order valence-corrected chi connectivity index (χ2v) is 6.15. The molecule has 0 radical (unpaired) electrons. The van der Waals surface area contributed by atoms with Gasteiger partial charge in [-0.3, -0.25) is 4.79 Å². The maximum absolute atomic E-state index is 11.6. The Morgan fingerprint density at radius 3 is 1.68 bits per heavy atom. The normalized spacial score (nSPS) is 12.1. The van der Waals surface area contributed by atoms with E-state index in [1.165, 1.54) is 57.8 Å². The molecule has 4 nitrogen and oxygen atoms in total. The van der Waals surface area contributed by atoms with Crippen LogP contribution in [0.15, 0.2) is 0 Å². The van der Waals surface area contributed by atoms with Crippen LogP contribution in [0.25, 0.3) is 0 Å². The number of hydrogen-bond acceptors (Lipinski definition) is 2. The van der Waals surface area contributed by atoms with Gasteiger partial charge in [0.25, 0.3) is 0 Å². The molecule has 0 bridgehead atoms. The summed E-state index contributed by atoms with van der Waals surface area (Å²) in [5, 5.41) is 11.4. The third-order valence-electron chi connectivity index (χ3n) is 4.05. The second-order valence-electron chi connectivity index (χ2n) is 6.15. The highest BCUT2D eigenvalue weighted by Gasteiger charge is 2.16. The molecule has 1 atom stereocenters. The summed E-state index contributed by atoms with van der Waals surface area (Å²) in [5.41, 5.74) is 0. The summed E-state index contributed by atoms with van der Waals surface area (Å²) in [6, 6.07) is -0.736. The van der Waals surface area contributed by atoms with Crippen LogP contribution in [-0.2, 0) is 9.59 Å². The number of carbonyl (C=O) groups is 2. The van der Waals surface area contributed by atoms with E-state index in [1.54, 1.807) is 6.92 Å². The summed E-state index contributed by atoms with van der Waals surface area (Å²) < 4.78 is 0. The molecule has 0 aromatic carbocycles. The molecule has 0 fully saturated rings. The smallest absolute Gasteiger partial charge is 0.326 e. The van der Waals surface area contributed by atoms with Crippen LogP contribution in [0.5, 0.6) is 0 Å². The minimum Gasteiger partial charge on any atom is -0.480 e. The summed E-state index contributed by atoms with van der Waals surface area (Å²) >= 11 is 0. The average Bonchev–Trinajstić information content (AvgIpc) is 2.50. The third-order valence-corrected chi connectivity index (χ3v) is 4.05. The van der Waals surface area contributed by atoms with Gasteiger partial charge in [0.15, 0.2) is 0 Å². The van der Waals surface area contributed by atoms with Crippen molar-refractivity contribution in [3.8, 4) is 0 Å². The molecule has 0 aliphatic heterocycles. The molecule has 0 aliphatic carbocycles. The molecule has 0 heterocycles. The number of hydrogen-bond donors (Lipinski definition) is 2. The first-order chi connectivity index (χ1) is 10.6. The zero-order valence-electron chi connectivity index (χ0n) is 14.5. The lowest BCUT2D eigenvalue weighted by molar-refractivity contribution is -0.141. The van der Waals surface area contributed by atoms with Crippen LogP contribution in [-0.4, -0.2) is 23.0 Å². The molecule has 0 spiro atoms. The van der Waals surface area contributed by atoms with Crippen molar-refractivity contribution in [1.82, 2.24) is 5.32 Å². The molecule has 0 saturated carbocycles. The van der Waals surface area contributed by atoms with Gasteiger partial charge in [-0.2, -0.15) is 0 Å². The highest BCUT2D eigenvalue weighted by molar-refractivity contribution is 5.83. The van der Waals surface area contributed by atoms with Crippen molar-refractivity contribution in [1.29, 1.82) is 0 Å². The quantitative estimate of drug-likeness (QED) is 0.432. The van der Waals surface area contributed by atoms with Crippen molar-refractivity contribution < 1.29 is 14.7 Å². The van der Waals surface area contributed by atoms with Crippen LogP contribution >= 0.6 is 0 Å². The predicted molar refractivity (Wildman–Crippen MR) is 90.9 cm³/mol. The molecule has 1 amide bonds. The Kier molecular flexibility index (Phi) is 14.1. The van der Waals surface area contributed by atoms with Gasteiger partial charge in [-0.05, 0) is 12.8 Å². The van der Waals surface area contributed by atoms with Gasteiger partial charge in [0, 0.05) is 6.42 Å². The Labute approximate surface area is 136 Å². The first-order valence-electron chi connectivity index (χ1n) is 9.14. The monoisotopic (exact) mass is 313 g/mol. The molecule has 130 valence electrons. The van der Waals surface area contributed by atoms with Crippen LogP contribution in [0, 0.1) is 0 Å². The SMILES string of the molecule is CCCCCCCCCCCCCC(=O)N[C@@H](CC)C(=O)O. The van der Waals surface area contributed by atoms with Crippen LogP contribution in [0.4, 0.5) is 0 Å². The van der Waals surface area contributed by atoms with Gasteiger partial charge >= 0.3 is 5.97 Å². The number of carbonyl (C=O) groups excluding carboxylic acids is 1. The number of nitrogens with one attached hydrogen (secondary N) is 1. The Bertz CT molecular complexity index is 292. The maximum Gasteiger partial charge on any atom is 0.326 e. The van der Waals surface area contributed by atoms with Crippen molar-refractivity contribution in [3.63, 3.8) is 0 Å². The van der Waals surface area contributed by atoms with E-state index in [9.17, 15) is 9.59 Å². The fourth-order valence-corrected chi connectivity index (χ4v) is 2.55. The number of rotatable bonds is 15. The van der Waals surface area contributed by atoms with Gasteiger partial charge in [0.1, 0.15) is 6.04 Å². The van der Waals surface area contributed by atoms with E-state index < -0.39 is 12.0 Å². The number of amides is 1. The van der Waals surface area contributed by atoms with Crippen LogP contribution in [0.3, 0.4) is 0 Å². The highest BCUT2D eigenvalue weighted by Crippen LogP contribution is 2.11. The van der Waals surface area contributed by atoms with Crippen molar-refractivity contribution in [2.24, 2.45) is 0 Å². The molecule has 4 heteroatoms. The number of unbranched alkanes of at least 4 members (excludes halogenated alkanes) is 10.